The monoisotopic (exact) mass is 278 g/mol. The average molecular weight is 278 g/mol. The minimum absolute atomic E-state index is 0.00771. The van der Waals surface area contributed by atoms with Crippen LogP contribution in [0.5, 0.6) is 0 Å². The standard InChI is InChI=1S/C9H12F2N4O4/c10-5-6(17)9(11,3-16)19-7(5)15-2-1-4(12)13-8(15)14-18/h1-2,5-7,16-18H,3H2,(H2,12,13,14)/t5-,6+,7-,9-/m1/s1. The molecule has 1 aromatic heterocycles. The lowest BCUT2D eigenvalue weighted by Crippen LogP contribution is -2.41. The Morgan fingerprint density at radius 1 is 1.63 bits per heavy atom. The average Bonchev–Trinajstić information content (AvgIpc) is 2.64. The molecule has 0 saturated carbocycles. The van der Waals surface area contributed by atoms with Gasteiger partial charge in [-0.3, -0.25) is 4.57 Å². The Kier molecular flexibility index (Phi) is 3.39. The van der Waals surface area contributed by atoms with E-state index in [-0.39, 0.29) is 5.82 Å². The summed E-state index contributed by atoms with van der Waals surface area (Å²) < 4.78 is 33.2. The summed E-state index contributed by atoms with van der Waals surface area (Å²) in [7, 11) is 0. The molecule has 0 spiro atoms. The van der Waals surface area contributed by atoms with E-state index in [4.69, 9.17) is 16.0 Å². The van der Waals surface area contributed by atoms with Gasteiger partial charge >= 0.3 is 0 Å². The Morgan fingerprint density at radius 3 is 2.84 bits per heavy atom. The van der Waals surface area contributed by atoms with Crippen molar-refractivity contribution in [2.24, 2.45) is 5.16 Å². The minimum atomic E-state index is -2.94. The second kappa shape index (κ2) is 4.72. The summed E-state index contributed by atoms with van der Waals surface area (Å²) in [6, 6.07) is 1.24. The lowest BCUT2D eigenvalue weighted by atomic mass is 10.1. The van der Waals surface area contributed by atoms with E-state index in [0.717, 1.165) is 10.8 Å². The zero-order valence-corrected chi connectivity index (χ0v) is 9.52. The van der Waals surface area contributed by atoms with Gasteiger partial charge in [0.2, 0.25) is 0 Å². The molecule has 0 aliphatic carbocycles. The summed E-state index contributed by atoms with van der Waals surface area (Å²) >= 11 is 0. The maximum atomic E-state index is 13.8. The molecule has 5 N–H and O–H groups in total. The van der Waals surface area contributed by atoms with Gasteiger partial charge in [0, 0.05) is 6.20 Å². The smallest absolute Gasteiger partial charge is 0.270 e. The zero-order valence-electron chi connectivity index (χ0n) is 9.52. The molecule has 0 bridgehead atoms. The summed E-state index contributed by atoms with van der Waals surface area (Å²) in [5.74, 6) is -2.95. The van der Waals surface area contributed by atoms with Crippen molar-refractivity contribution in [1.82, 2.24) is 9.55 Å². The molecule has 1 saturated heterocycles. The van der Waals surface area contributed by atoms with Crippen molar-refractivity contribution >= 4 is 5.82 Å². The topological polar surface area (TPSA) is 126 Å². The van der Waals surface area contributed by atoms with Crippen LogP contribution >= 0.6 is 0 Å². The van der Waals surface area contributed by atoms with Crippen LogP contribution in [0, 0.1) is 0 Å². The molecule has 0 radical (unpaired) electrons. The Hall–Kier alpha value is -1.78. The first-order valence-corrected chi connectivity index (χ1v) is 5.25. The Labute approximate surface area is 105 Å². The number of rotatable bonds is 2. The molecule has 106 valence electrons. The molecule has 0 amide bonds. The Morgan fingerprint density at radius 2 is 2.32 bits per heavy atom. The van der Waals surface area contributed by atoms with Crippen LogP contribution in [-0.4, -0.2) is 49.7 Å². The molecule has 2 heterocycles. The van der Waals surface area contributed by atoms with Crippen LogP contribution in [0.1, 0.15) is 6.23 Å². The zero-order chi connectivity index (χ0) is 14.2. The highest BCUT2D eigenvalue weighted by atomic mass is 19.2. The molecule has 10 heteroatoms. The number of halogens is 2. The predicted molar refractivity (Wildman–Crippen MR) is 55.9 cm³/mol. The van der Waals surface area contributed by atoms with Gasteiger partial charge in [-0.25, -0.2) is 8.78 Å². The van der Waals surface area contributed by atoms with E-state index in [0.29, 0.717) is 0 Å². The van der Waals surface area contributed by atoms with Crippen molar-refractivity contribution in [3.8, 4) is 0 Å². The summed E-state index contributed by atoms with van der Waals surface area (Å²) in [6.45, 7) is -1.22. The van der Waals surface area contributed by atoms with Crippen LogP contribution in [0.4, 0.5) is 14.6 Å². The highest BCUT2D eigenvalue weighted by Crippen LogP contribution is 2.39. The third-order valence-electron chi connectivity index (χ3n) is 2.78. The maximum absolute atomic E-state index is 13.8. The van der Waals surface area contributed by atoms with E-state index in [1.165, 1.54) is 6.07 Å². The number of nitrogens with two attached hydrogens (primary N) is 1. The molecule has 1 aromatic rings. The number of ether oxygens (including phenoxy) is 1. The molecule has 0 aromatic carbocycles. The Balaban J connectivity index is 2.44. The highest BCUT2D eigenvalue weighted by Gasteiger charge is 2.56. The normalized spacial score (nSPS) is 35.8. The number of nitrogens with zero attached hydrogens (tertiary/aromatic N) is 3. The third kappa shape index (κ3) is 2.13. The minimum Gasteiger partial charge on any atom is -0.408 e. The first-order chi connectivity index (χ1) is 8.92. The van der Waals surface area contributed by atoms with Crippen molar-refractivity contribution in [1.29, 1.82) is 0 Å². The highest BCUT2D eigenvalue weighted by molar-refractivity contribution is 5.23. The summed E-state index contributed by atoms with van der Waals surface area (Å²) in [4.78, 5) is 3.58. The predicted octanol–water partition coefficient (Wildman–Crippen LogP) is -1.36. The van der Waals surface area contributed by atoms with Gasteiger partial charge in [0.15, 0.2) is 18.5 Å². The van der Waals surface area contributed by atoms with Gasteiger partial charge in [0.1, 0.15) is 12.4 Å². The van der Waals surface area contributed by atoms with Gasteiger partial charge in [-0.1, -0.05) is 0 Å². The van der Waals surface area contributed by atoms with Crippen LogP contribution in [0.3, 0.4) is 0 Å². The molecular weight excluding hydrogens is 266 g/mol. The van der Waals surface area contributed by atoms with Gasteiger partial charge in [-0.15, -0.1) is 0 Å². The van der Waals surface area contributed by atoms with Crippen molar-refractivity contribution in [2.75, 3.05) is 12.3 Å². The third-order valence-corrected chi connectivity index (χ3v) is 2.78. The first-order valence-electron chi connectivity index (χ1n) is 5.25. The number of alkyl halides is 2. The number of hydrogen-bond acceptors (Lipinski definition) is 7. The lowest BCUT2D eigenvalue weighted by Gasteiger charge is -2.20. The van der Waals surface area contributed by atoms with Crippen molar-refractivity contribution in [2.45, 2.75) is 24.4 Å². The van der Waals surface area contributed by atoms with Crippen molar-refractivity contribution < 1.29 is 28.9 Å². The second-order valence-electron chi connectivity index (χ2n) is 4.00. The van der Waals surface area contributed by atoms with Crippen LogP contribution in [0.25, 0.3) is 0 Å². The van der Waals surface area contributed by atoms with Gasteiger partial charge in [-0.2, -0.15) is 4.98 Å². The van der Waals surface area contributed by atoms with Crippen LogP contribution in [0.15, 0.2) is 17.4 Å². The van der Waals surface area contributed by atoms with E-state index in [9.17, 15) is 13.9 Å². The number of hydrogen-bond donors (Lipinski definition) is 4. The molecule has 8 nitrogen and oxygen atoms in total. The maximum Gasteiger partial charge on any atom is 0.270 e. The molecule has 1 aliphatic rings. The number of nitrogen functional groups attached to an aromatic ring is 1. The van der Waals surface area contributed by atoms with Gasteiger partial charge in [0.25, 0.3) is 11.5 Å². The number of anilines is 1. The van der Waals surface area contributed by atoms with Crippen LogP contribution < -0.4 is 11.4 Å². The molecule has 1 fully saturated rings. The fraction of sp³-hybridized carbons (Fsp3) is 0.556. The van der Waals surface area contributed by atoms with E-state index >= 15 is 0 Å². The lowest BCUT2D eigenvalue weighted by molar-refractivity contribution is -0.207. The van der Waals surface area contributed by atoms with E-state index in [2.05, 4.69) is 14.9 Å². The van der Waals surface area contributed by atoms with Crippen LogP contribution in [-0.2, 0) is 4.74 Å². The fourth-order valence-electron chi connectivity index (χ4n) is 1.78. The van der Waals surface area contributed by atoms with Crippen molar-refractivity contribution in [3.63, 3.8) is 0 Å². The van der Waals surface area contributed by atoms with E-state index < -0.39 is 36.6 Å². The second-order valence-corrected chi connectivity index (χ2v) is 4.00. The van der Waals surface area contributed by atoms with Gasteiger partial charge in [-0.05, 0) is 11.2 Å². The summed E-state index contributed by atoms with van der Waals surface area (Å²) in [6.07, 6.45) is -4.86. The largest absolute Gasteiger partial charge is 0.408 e. The van der Waals surface area contributed by atoms with Crippen molar-refractivity contribution in [3.05, 3.63) is 17.9 Å². The van der Waals surface area contributed by atoms with E-state index in [1.807, 2.05) is 0 Å². The summed E-state index contributed by atoms with van der Waals surface area (Å²) in [5.41, 5.74) is 4.92. The Bertz CT molecular complexity index is 539. The number of aliphatic hydroxyl groups is 2. The molecule has 2 rings (SSSR count). The summed E-state index contributed by atoms with van der Waals surface area (Å²) in [5, 5.41) is 29.7. The molecular formula is C9H12F2N4O4. The first kappa shape index (κ1) is 13.6. The van der Waals surface area contributed by atoms with Crippen LogP contribution in [0.2, 0.25) is 0 Å². The fourth-order valence-corrected chi connectivity index (χ4v) is 1.78. The van der Waals surface area contributed by atoms with Gasteiger partial charge < -0.3 is 25.9 Å². The molecule has 4 atom stereocenters. The van der Waals surface area contributed by atoms with Gasteiger partial charge in [0.05, 0.1) is 0 Å². The number of aromatic nitrogens is 2. The quantitative estimate of drug-likeness (QED) is 0.391. The van der Waals surface area contributed by atoms with E-state index in [1.54, 1.807) is 0 Å². The molecule has 19 heavy (non-hydrogen) atoms. The SMILES string of the molecule is Nc1ccn([C@@H]2O[C@](F)(CO)[C@@H](O)[C@H]2F)/c(=N/O)n1. The molecule has 1 aliphatic heterocycles. The number of aliphatic hydroxyl groups excluding tert-OH is 2. The molecule has 0 unspecified atom stereocenters.